The van der Waals surface area contributed by atoms with E-state index >= 15 is 0 Å². The molecule has 5 nitrogen and oxygen atoms in total. The van der Waals surface area contributed by atoms with Crippen LogP contribution in [-0.2, 0) is 16.1 Å². The molecule has 2 aromatic rings. The molecule has 0 aliphatic heterocycles. The van der Waals surface area contributed by atoms with Crippen molar-refractivity contribution in [2.75, 3.05) is 19.7 Å². The minimum atomic E-state index is -0.938. The highest BCUT2D eigenvalue weighted by atomic mass is 19.1. The van der Waals surface area contributed by atoms with E-state index in [2.05, 4.69) is 10.6 Å². The average molecular weight is 376 g/mol. The summed E-state index contributed by atoms with van der Waals surface area (Å²) in [6.45, 7) is 1.58. The normalized spacial score (nSPS) is 10.4. The number of benzene rings is 2. The minimum absolute atomic E-state index is 0.0615. The quantitative estimate of drug-likeness (QED) is 0.627. The molecule has 27 heavy (non-hydrogen) atoms. The molecule has 0 atom stereocenters. The summed E-state index contributed by atoms with van der Waals surface area (Å²) in [5, 5.41) is 5.15. The largest absolute Gasteiger partial charge is 0.377 e. The van der Waals surface area contributed by atoms with E-state index in [1.807, 2.05) is 30.3 Å². The van der Waals surface area contributed by atoms with Gasteiger partial charge in [0, 0.05) is 32.2 Å². The molecule has 0 fully saturated rings. The van der Waals surface area contributed by atoms with Gasteiger partial charge in [-0.15, -0.1) is 0 Å². The lowest BCUT2D eigenvalue weighted by Crippen LogP contribution is -2.31. The van der Waals surface area contributed by atoms with Crippen LogP contribution < -0.4 is 10.6 Å². The molecule has 144 valence electrons. The number of carbonyl (C=O) groups is 2. The summed E-state index contributed by atoms with van der Waals surface area (Å²) >= 11 is 0. The van der Waals surface area contributed by atoms with Crippen molar-refractivity contribution in [3.63, 3.8) is 0 Å². The number of nitrogens with one attached hydrogen (secondary N) is 2. The van der Waals surface area contributed by atoms with Gasteiger partial charge in [0.05, 0.1) is 12.2 Å². The zero-order valence-electron chi connectivity index (χ0n) is 14.8. The first-order chi connectivity index (χ1) is 13.1. The molecular weight excluding hydrogens is 354 g/mol. The summed E-state index contributed by atoms with van der Waals surface area (Å²) in [7, 11) is 0. The second-order valence-electron chi connectivity index (χ2n) is 5.87. The Bertz CT molecular complexity index is 754. The fourth-order valence-electron chi connectivity index (χ4n) is 2.31. The molecule has 0 bridgehead atoms. The Kier molecular flexibility index (Phi) is 8.38. The van der Waals surface area contributed by atoms with E-state index in [0.717, 1.165) is 17.7 Å². The van der Waals surface area contributed by atoms with Crippen LogP contribution in [0.3, 0.4) is 0 Å². The molecular formula is C20H22F2N2O3. The maximum absolute atomic E-state index is 13.5. The molecule has 0 radical (unpaired) electrons. The number of ether oxygens (including phenoxy) is 1. The van der Waals surface area contributed by atoms with Gasteiger partial charge in [-0.05, 0) is 24.1 Å². The van der Waals surface area contributed by atoms with Crippen molar-refractivity contribution < 1.29 is 23.1 Å². The Morgan fingerprint density at radius 2 is 1.74 bits per heavy atom. The van der Waals surface area contributed by atoms with Gasteiger partial charge in [-0.3, -0.25) is 9.59 Å². The average Bonchev–Trinajstić information content (AvgIpc) is 2.65. The van der Waals surface area contributed by atoms with Crippen molar-refractivity contribution >= 4 is 11.8 Å². The highest BCUT2D eigenvalue weighted by Gasteiger charge is 2.12. The fourth-order valence-corrected chi connectivity index (χ4v) is 2.31. The smallest absolute Gasteiger partial charge is 0.254 e. The lowest BCUT2D eigenvalue weighted by Gasteiger charge is -2.08. The van der Waals surface area contributed by atoms with Crippen LogP contribution in [0.2, 0.25) is 0 Å². The van der Waals surface area contributed by atoms with Gasteiger partial charge in [0.25, 0.3) is 5.91 Å². The Balaban J connectivity index is 1.53. The van der Waals surface area contributed by atoms with Crippen LogP contribution in [0.5, 0.6) is 0 Å². The van der Waals surface area contributed by atoms with E-state index in [1.54, 1.807) is 0 Å². The molecule has 0 unspecified atom stereocenters. The molecule has 0 aliphatic carbocycles. The first-order valence-corrected chi connectivity index (χ1v) is 8.68. The number of carbonyl (C=O) groups excluding carboxylic acids is 2. The van der Waals surface area contributed by atoms with Crippen LogP contribution >= 0.6 is 0 Å². The van der Waals surface area contributed by atoms with Gasteiger partial charge in [-0.25, -0.2) is 8.78 Å². The van der Waals surface area contributed by atoms with Gasteiger partial charge in [0.15, 0.2) is 0 Å². The second kappa shape index (κ2) is 11.0. The molecule has 2 N–H and O–H groups in total. The number of amides is 2. The second-order valence-corrected chi connectivity index (χ2v) is 5.87. The van der Waals surface area contributed by atoms with Crippen molar-refractivity contribution in [3.8, 4) is 0 Å². The third kappa shape index (κ3) is 7.53. The minimum Gasteiger partial charge on any atom is -0.377 e. The van der Waals surface area contributed by atoms with E-state index in [0.29, 0.717) is 32.2 Å². The molecule has 0 aliphatic rings. The van der Waals surface area contributed by atoms with Gasteiger partial charge in [0.1, 0.15) is 11.6 Å². The molecule has 2 rings (SSSR count). The van der Waals surface area contributed by atoms with Crippen molar-refractivity contribution in [3.05, 3.63) is 71.3 Å². The summed E-state index contributed by atoms with van der Waals surface area (Å²) in [4.78, 5) is 23.5. The number of halogens is 2. The molecule has 2 aromatic carbocycles. The van der Waals surface area contributed by atoms with E-state index in [9.17, 15) is 18.4 Å². The zero-order valence-corrected chi connectivity index (χ0v) is 14.8. The molecule has 0 saturated heterocycles. The van der Waals surface area contributed by atoms with Crippen LogP contribution in [0.4, 0.5) is 8.78 Å². The predicted molar refractivity (Wildman–Crippen MR) is 97.0 cm³/mol. The summed E-state index contributed by atoms with van der Waals surface area (Å²) in [5.74, 6) is -2.60. The summed E-state index contributed by atoms with van der Waals surface area (Å²) in [5.41, 5.74) is 0.835. The Hall–Kier alpha value is -2.80. The van der Waals surface area contributed by atoms with E-state index in [1.165, 1.54) is 0 Å². The number of rotatable bonds is 10. The fraction of sp³-hybridized carbons (Fsp3) is 0.300. The van der Waals surface area contributed by atoms with Crippen molar-refractivity contribution in [1.29, 1.82) is 0 Å². The van der Waals surface area contributed by atoms with Crippen LogP contribution in [0, 0.1) is 11.6 Å². The summed E-state index contributed by atoms with van der Waals surface area (Å²) in [6, 6.07) is 12.5. The molecule has 2 amide bonds. The molecule has 0 saturated carbocycles. The monoisotopic (exact) mass is 376 g/mol. The van der Waals surface area contributed by atoms with Crippen LogP contribution in [-0.4, -0.2) is 31.5 Å². The standard InChI is InChI=1S/C20H22F2N2O3/c21-16-7-8-17(18(22)13-16)20(26)24-11-9-19(25)23-10-4-12-27-14-15-5-2-1-3-6-15/h1-3,5-8,13H,4,9-12,14H2,(H,23,25)(H,24,26). The SMILES string of the molecule is O=C(CCNC(=O)c1ccc(F)cc1F)NCCCOCc1ccccc1. The topological polar surface area (TPSA) is 67.4 Å². The van der Waals surface area contributed by atoms with Gasteiger partial charge >= 0.3 is 0 Å². The molecule has 0 aromatic heterocycles. The van der Waals surface area contributed by atoms with Crippen molar-refractivity contribution in [2.24, 2.45) is 0 Å². The molecule has 0 heterocycles. The first-order valence-electron chi connectivity index (χ1n) is 8.68. The maximum atomic E-state index is 13.5. The predicted octanol–water partition coefficient (Wildman–Crippen LogP) is 2.81. The lowest BCUT2D eigenvalue weighted by molar-refractivity contribution is -0.121. The van der Waals surface area contributed by atoms with E-state index in [4.69, 9.17) is 4.74 Å². The highest BCUT2D eigenvalue weighted by Crippen LogP contribution is 2.09. The maximum Gasteiger partial charge on any atom is 0.254 e. The summed E-state index contributed by atoms with van der Waals surface area (Å²) < 4.78 is 31.8. The number of hydrogen-bond acceptors (Lipinski definition) is 3. The Labute approximate surface area is 156 Å². The van der Waals surface area contributed by atoms with Crippen molar-refractivity contribution in [1.82, 2.24) is 10.6 Å². The van der Waals surface area contributed by atoms with Crippen LogP contribution in [0.25, 0.3) is 0 Å². The van der Waals surface area contributed by atoms with Crippen LogP contribution in [0.15, 0.2) is 48.5 Å². The molecule has 7 heteroatoms. The van der Waals surface area contributed by atoms with E-state index < -0.39 is 17.5 Å². The van der Waals surface area contributed by atoms with Crippen LogP contribution in [0.1, 0.15) is 28.8 Å². The van der Waals surface area contributed by atoms with Gasteiger partial charge in [-0.1, -0.05) is 30.3 Å². The Morgan fingerprint density at radius 3 is 2.48 bits per heavy atom. The number of hydrogen-bond donors (Lipinski definition) is 2. The third-order valence-corrected chi connectivity index (χ3v) is 3.71. The lowest BCUT2D eigenvalue weighted by atomic mass is 10.2. The molecule has 0 spiro atoms. The zero-order chi connectivity index (χ0) is 19.5. The van der Waals surface area contributed by atoms with Gasteiger partial charge in [0.2, 0.25) is 5.91 Å². The van der Waals surface area contributed by atoms with E-state index in [-0.39, 0.29) is 24.4 Å². The van der Waals surface area contributed by atoms with Gasteiger partial charge in [-0.2, -0.15) is 0 Å². The first kappa shape index (κ1) is 20.5. The highest BCUT2D eigenvalue weighted by molar-refractivity contribution is 5.94. The third-order valence-electron chi connectivity index (χ3n) is 3.71. The van der Waals surface area contributed by atoms with Gasteiger partial charge < -0.3 is 15.4 Å². The van der Waals surface area contributed by atoms with Crippen molar-refractivity contribution in [2.45, 2.75) is 19.4 Å². The Morgan fingerprint density at radius 1 is 0.963 bits per heavy atom. The summed E-state index contributed by atoms with van der Waals surface area (Å²) in [6.07, 6.45) is 0.741.